The van der Waals surface area contributed by atoms with E-state index in [1.807, 2.05) is 24.3 Å². The molecule has 0 saturated heterocycles. The van der Waals surface area contributed by atoms with Gasteiger partial charge in [0.05, 0.1) is 0 Å². The largest absolute Gasteiger partial charge is 0.435 e. The predicted molar refractivity (Wildman–Crippen MR) is 113 cm³/mol. The molecular weight excluding hydrogens is 436 g/mol. The number of nitrogens with zero attached hydrogens (tertiary/aromatic N) is 3. The quantitative estimate of drug-likeness (QED) is 0.394. The van der Waals surface area contributed by atoms with Gasteiger partial charge in [-0.25, -0.2) is 4.98 Å². The first-order chi connectivity index (χ1) is 14.1. The lowest BCUT2D eigenvalue weighted by molar-refractivity contribution is 0.0962. The first kappa shape index (κ1) is 18.6. The van der Waals surface area contributed by atoms with E-state index in [0.717, 1.165) is 9.86 Å². The monoisotopic (exact) mass is 450 g/mol. The Kier molecular flexibility index (Phi) is 5.21. The predicted octanol–water partition coefficient (Wildman–Crippen LogP) is 3.92. The molecule has 8 nitrogen and oxygen atoms in total. The number of anilines is 2. The van der Waals surface area contributed by atoms with E-state index in [-0.39, 0.29) is 23.3 Å². The first-order valence-corrected chi connectivity index (χ1v) is 9.35. The Hall–Kier alpha value is -3.72. The lowest BCUT2D eigenvalue weighted by atomic mass is 10.2. The van der Waals surface area contributed by atoms with Crippen LogP contribution in [0.25, 0.3) is 10.9 Å². The number of halogens is 1. The number of hydrogen-bond donors (Lipinski definition) is 3. The van der Waals surface area contributed by atoms with E-state index in [2.05, 4.69) is 41.7 Å². The van der Waals surface area contributed by atoms with Gasteiger partial charge < -0.3 is 10.5 Å². The van der Waals surface area contributed by atoms with Gasteiger partial charge in [-0.15, -0.1) is 0 Å². The van der Waals surface area contributed by atoms with Crippen LogP contribution in [0.5, 0.6) is 11.6 Å². The molecule has 29 heavy (non-hydrogen) atoms. The Bertz CT molecular complexity index is 1180. The number of rotatable bonds is 5. The van der Waals surface area contributed by atoms with Crippen molar-refractivity contribution in [3.05, 3.63) is 77.2 Å². The molecule has 2 heterocycles. The maximum atomic E-state index is 12.3. The Morgan fingerprint density at radius 2 is 1.79 bits per heavy atom. The van der Waals surface area contributed by atoms with E-state index in [1.54, 1.807) is 36.5 Å². The Labute approximate surface area is 174 Å². The molecule has 2 aromatic heterocycles. The lowest BCUT2D eigenvalue weighted by Crippen LogP contribution is -2.30. The molecule has 4 N–H and O–H groups in total. The summed E-state index contributed by atoms with van der Waals surface area (Å²) in [6.45, 7) is 0. The van der Waals surface area contributed by atoms with E-state index >= 15 is 0 Å². The fourth-order valence-corrected chi connectivity index (χ4v) is 2.88. The van der Waals surface area contributed by atoms with E-state index in [4.69, 9.17) is 10.5 Å². The number of para-hydroxylation sites is 1. The normalized spacial score (nSPS) is 10.5. The van der Waals surface area contributed by atoms with E-state index in [9.17, 15) is 4.79 Å². The maximum Gasteiger partial charge on any atom is 0.269 e. The minimum Gasteiger partial charge on any atom is -0.435 e. The summed E-state index contributed by atoms with van der Waals surface area (Å²) in [6.07, 6.45) is 2.97. The molecule has 4 rings (SSSR count). The van der Waals surface area contributed by atoms with E-state index < -0.39 is 0 Å². The smallest absolute Gasteiger partial charge is 0.269 e. The third kappa shape index (κ3) is 4.09. The van der Waals surface area contributed by atoms with E-state index in [1.165, 1.54) is 6.33 Å². The van der Waals surface area contributed by atoms with Crippen LogP contribution < -0.4 is 21.3 Å². The number of fused-ring (bicyclic) bond motifs is 1. The number of hydrogen-bond acceptors (Lipinski definition) is 7. The van der Waals surface area contributed by atoms with Crippen LogP contribution in [0.4, 0.5) is 11.5 Å². The van der Waals surface area contributed by atoms with Gasteiger partial charge >= 0.3 is 0 Å². The van der Waals surface area contributed by atoms with Crippen molar-refractivity contribution < 1.29 is 9.53 Å². The SMILES string of the molecule is Nc1c(NNC(=O)c2ccc(Br)cc2)ncnc1Oc1cccc2cccnc12. The third-order valence-electron chi connectivity index (χ3n) is 4.05. The summed E-state index contributed by atoms with van der Waals surface area (Å²) in [6, 6.07) is 16.3. The molecule has 1 amide bonds. The van der Waals surface area contributed by atoms with Crippen molar-refractivity contribution in [2.45, 2.75) is 0 Å². The topological polar surface area (TPSA) is 115 Å². The van der Waals surface area contributed by atoms with Crippen LogP contribution in [0.3, 0.4) is 0 Å². The third-order valence-corrected chi connectivity index (χ3v) is 4.58. The van der Waals surface area contributed by atoms with Crippen LogP contribution in [0.1, 0.15) is 10.4 Å². The number of carbonyl (C=O) groups is 1. The fraction of sp³-hybridized carbons (Fsp3) is 0. The summed E-state index contributed by atoms with van der Waals surface area (Å²) >= 11 is 3.33. The van der Waals surface area contributed by atoms with Crippen molar-refractivity contribution in [3.8, 4) is 11.6 Å². The van der Waals surface area contributed by atoms with Gasteiger partial charge in [0.25, 0.3) is 5.91 Å². The van der Waals surface area contributed by atoms with Crippen molar-refractivity contribution in [1.29, 1.82) is 0 Å². The number of nitrogens with one attached hydrogen (secondary N) is 2. The molecule has 144 valence electrons. The molecular formula is C20H15BrN6O2. The molecule has 0 spiro atoms. The van der Waals surface area contributed by atoms with E-state index in [0.29, 0.717) is 16.8 Å². The minimum absolute atomic E-state index is 0.150. The second-order valence-corrected chi connectivity index (χ2v) is 6.88. The molecule has 0 atom stereocenters. The van der Waals surface area contributed by atoms with Gasteiger partial charge in [0.1, 0.15) is 17.5 Å². The summed E-state index contributed by atoms with van der Waals surface area (Å²) in [7, 11) is 0. The van der Waals surface area contributed by atoms with Crippen molar-refractivity contribution in [1.82, 2.24) is 20.4 Å². The second kappa shape index (κ2) is 8.11. The molecule has 0 radical (unpaired) electrons. The van der Waals surface area contributed by atoms with Crippen LogP contribution in [0.15, 0.2) is 71.6 Å². The maximum absolute atomic E-state index is 12.3. The Morgan fingerprint density at radius 1 is 1.00 bits per heavy atom. The van der Waals surface area contributed by atoms with Crippen molar-refractivity contribution in [3.63, 3.8) is 0 Å². The summed E-state index contributed by atoms with van der Waals surface area (Å²) in [5.74, 6) is 0.543. The average molecular weight is 451 g/mol. The standard InChI is InChI=1S/C20H15BrN6O2/c21-14-8-6-13(7-9-14)19(28)27-26-18-16(22)20(25-11-24-18)29-15-5-1-3-12-4-2-10-23-17(12)15/h1-11H,22H2,(H,27,28)(H,24,25,26). The highest BCUT2D eigenvalue weighted by molar-refractivity contribution is 9.10. The molecule has 9 heteroatoms. The van der Waals surface area contributed by atoms with Crippen molar-refractivity contribution in [2.75, 3.05) is 11.2 Å². The average Bonchev–Trinajstić information content (AvgIpc) is 2.75. The number of nitrogen functional groups attached to an aromatic ring is 1. The number of nitrogens with two attached hydrogens (primary N) is 1. The summed E-state index contributed by atoms with van der Waals surface area (Å²) in [4.78, 5) is 24.7. The number of benzene rings is 2. The number of carbonyl (C=O) groups excluding carboxylic acids is 1. The second-order valence-electron chi connectivity index (χ2n) is 5.96. The fourth-order valence-electron chi connectivity index (χ4n) is 2.61. The molecule has 0 aliphatic heterocycles. The van der Waals surface area contributed by atoms with Crippen LogP contribution in [0.2, 0.25) is 0 Å². The zero-order chi connectivity index (χ0) is 20.2. The summed E-state index contributed by atoms with van der Waals surface area (Å²) < 4.78 is 6.75. The molecule has 0 bridgehead atoms. The highest BCUT2D eigenvalue weighted by Gasteiger charge is 2.13. The molecule has 4 aromatic rings. The van der Waals surface area contributed by atoms with Gasteiger partial charge in [-0.3, -0.25) is 20.6 Å². The molecule has 0 unspecified atom stereocenters. The number of pyridine rings is 1. The number of ether oxygens (including phenoxy) is 1. The number of hydrazine groups is 1. The zero-order valence-corrected chi connectivity index (χ0v) is 16.6. The molecule has 0 aliphatic carbocycles. The zero-order valence-electron chi connectivity index (χ0n) is 15.0. The first-order valence-electron chi connectivity index (χ1n) is 8.56. The molecule has 2 aromatic carbocycles. The number of aromatic nitrogens is 3. The molecule has 0 fully saturated rings. The summed E-state index contributed by atoms with van der Waals surface area (Å²) in [5, 5.41) is 0.928. The lowest BCUT2D eigenvalue weighted by Gasteiger charge is -2.13. The van der Waals surface area contributed by atoms with Gasteiger partial charge in [0.2, 0.25) is 5.88 Å². The molecule has 0 saturated carbocycles. The summed E-state index contributed by atoms with van der Waals surface area (Å²) in [5.41, 5.74) is 12.7. The van der Waals surface area contributed by atoms with Gasteiger partial charge in [-0.1, -0.05) is 34.1 Å². The Morgan fingerprint density at radius 3 is 2.62 bits per heavy atom. The highest BCUT2D eigenvalue weighted by atomic mass is 79.9. The van der Waals surface area contributed by atoms with Crippen LogP contribution >= 0.6 is 15.9 Å². The molecule has 0 aliphatic rings. The minimum atomic E-state index is -0.337. The van der Waals surface area contributed by atoms with Crippen LogP contribution in [0, 0.1) is 0 Å². The number of amides is 1. The van der Waals surface area contributed by atoms with Gasteiger partial charge in [-0.05, 0) is 36.4 Å². The van der Waals surface area contributed by atoms with Crippen LogP contribution in [-0.4, -0.2) is 20.9 Å². The van der Waals surface area contributed by atoms with Gasteiger partial charge in [0, 0.05) is 21.6 Å². The van der Waals surface area contributed by atoms with Gasteiger partial charge in [-0.2, -0.15) is 4.98 Å². The van der Waals surface area contributed by atoms with Crippen molar-refractivity contribution in [2.24, 2.45) is 0 Å². The van der Waals surface area contributed by atoms with Crippen molar-refractivity contribution >= 4 is 44.2 Å². The highest BCUT2D eigenvalue weighted by Crippen LogP contribution is 2.32. The van der Waals surface area contributed by atoms with Gasteiger partial charge in [0.15, 0.2) is 11.6 Å². The Balaban J connectivity index is 1.53. The van der Waals surface area contributed by atoms with Crippen LogP contribution in [-0.2, 0) is 0 Å².